The van der Waals surface area contributed by atoms with E-state index in [4.69, 9.17) is 5.11 Å². The van der Waals surface area contributed by atoms with Crippen LogP contribution in [-0.4, -0.2) is 47.3 Å². The first-order chi connectivity index (χ1) is 9.02. The highest BCUT2D eigenvalue weighted by molar-refractivity contribution is 8.00. The van der Waals surface area contributed by atoms with Crippen LogP contribution in [-0.2, 0) is 4.79 Å². The third-order valence-corrected chi connectivity index (χ3v) is 4.18. The molecule has 1 atom stereocenters. The largest absolute Gasteiger partial charge is 0.394 e. The summed E-state index contributed by atoms with van der Waals surface area (Å²) in [5.41, 5.74) is 1.18. The van der Waals surface area contributed by atoms with Gasteiger partial charge in [-0.25, -0.2) is 0 Å². The lowest BCUT2D eigenvalue weighted by Crippen LogP contribution is -2.37. The van der Waals surface area contributed by atoms with Crippen LogP contribution in [0, 0.1) is 0 Å². The maximum atomic E-state index is 12.2. The first-order valence-electron chi connectivity index (χ1n) is 5.97. The molecule has 0 bridgehead atoms. The number of likely N-dealkylation sites (N-methyl/N-ethyl adjacent to an activating group) is 1. The third-order valence-electron chi connectivity index (χ3n) is 3.11. The van der Waals surface area contributed by atoms with E-state index in [1.807, 2.05) is 6.07 Å². The smallest absolute Gasteiger partial charge is 0.253 e. The number of carbonyl (C=O) groups excluding carboxylic acids is 2. The summed E-state index contributed by atoms with van der Waals surface area (Å²) in [5, 5.41) is 11.8. The number of hydrogen-bond donors (Lipinski definition) is 2. The van der Waals surface area contributed by atoms with Gasteiger partial charge in [-0.2, -0.15) is 0 Å². The van der Waals surface area contributed by atoms with Crippen molar-refractivity contribution in [1.29, 1.82) is 0 Å². The maximum Gasteiger partial charge on any atom is 0.253 e. The number of aliphatic hydroxyl groups excluding tert-OH is 1. The molecule has 2 rings (SSSR count). The average molecular weight is 280 g/mol. The Labute approximate surface area is 116 Å². The second-order valence-electron chi connectivity index (χ2n) is 4.50. The van der Waals surface area contributed by atoms with E-state index in [0.29, 0.717) is 17.0 Å². The fourth-order valence-electron chi connectivity index (χ4n) is 1.74. The Hall–Kier alpha value is -1.53. The minimum atomic E-state index is -0.243. The van der Waals surface area contributed by atoms with Gasteiger partial charge in [-0.1, -0.05) is 0 Å². The molecule has 0 aromatic heterocycles. The van der Waals surface area contributed by atoms with E-state index in [1.165, 1.54) is 16.7 Å². The van der Waals surface area contributed by atoms with Gasteiger partial charge in [-0.15, -0.1) is 11.8 Å². The minimum absolute atomic E-state index is 0.0563. The lowest BCUT2D eigenvalue weighted by atomic mass is 10.1. The van der Waals surface area contributed by atoms with E-state index in [9.17, 15) is 9.59 Å². The molecule has 2 amide bonds. The van der Waals surface area contributed by atoms with E-state index in [1.54, 1.807) is 26.1 Å². The molecular formula is C13H16N2O3S. The van der Waals surface area contributed by atoms with Crippen LogP contribution in [0.3, 0.4) is 0 Å². The molecule has 1 aromatic carbocycles. The molecule has 0 saturated heterocycles. The molecule has 0 fully saturated rings. The number of hydrogen-bond acceptors (Lipinski definition) is 4. The lowest BCUT2D eigenvalue weighted by Gasteiger charge is -2.24. The molecule has 0 aliphatic carbocycles. The van der Waals surface area contributed by atoms with Crippen molar-refractivity contribution in [1.82, 2.24) is 4.90 Å². The summed E-state index contributed by atoms with van der Waals surface area (Å²) in [6.07, 6.45) is 0. The van der Waals surface area contributed by atoms with Crippen LogP contribution in [0.15, 0.2) is 23.1 Å². The van der Waals surface area contributed by atoms with Gasteiger partial charge in [0.2, 0.25) is 5.91 Å². The van der Waals surface area contributed by atoms with Gasteiger partial charge < -0.3 is 15.3 Å². The highest BCUT2D eigenvalue weighted by Gasteiger charge is 2.20. The standard InChI is InChI=1S/C13H16N2O3S/c1-8(6-16)15(2)13(18)9-3-4-11-10(5-9)14-12(17)7-19-11/h3-5,8,16H,6-7H2,1-2H3,(H,14,17). The van der Waals surface area contributed by atoms with Crippen molar-refractivity contribution in [3.8, 4) is 0 Å². The van der Waals surface area contributed by atoms with Crippen LogP contribution >= 0.6 is 11.8 Å². The number of carbonyl (C=O) groups is 2. The number of thioether (sulfide) groups is 1. The topological polar surface area (TPSA) is 69.6 Å². The van der Waals surface area contributed by atoms with Crippen molar-refractivity contribution in [2.75, 3.05) is 24.7 Å². The van der Waals surface area contributed by atoms with Gasteiger partial charge in [-0.05, 0) is 25.1 Å². The number of nitrogens with zero attached hydrogens (tertiary/aromatic N) is 1. The van der Waals surface area contributed by atoms with E-state index < -0.39 is 0 Å². The van der Waals surface area contributed by atoms with Gasteiger partial charge in [-0.3, -0.25) is 9.59 Å². The fraction of sp³-hybridized carbons (Fsp3) is 0.385. The summed E-state index contributed by atoms with van der Waals surface area (Å²) in [4.78, 5) is 26.0. The van der Waals surface area contributed by atoms with Crippen molar-refractivity contribution >= 4 is 29.3 Å². The molecule has 1 unspecified atom stereocenters. The summed E-state index contributed by atoms with van der Waals surface area (Å²) >= 11 is 1.46. The van der Waals surface area contributed by atoms with E-state index in [0.717, 1.165) is 4.90 Å². The zero-order valence-electron chi connectivity index (χ0n) is 10.8. The van der Waals surface area contributed by atoms with Crippen molar-refractivity contribution < 1.29 is 14.7 Å². The Kier molecular flexibility index (Phi) is 4.11. The summed E-state index contributed by atoms with van der Waals surface area (Å²) in [6.45, 7) is 1.69. The Balaban J connectivity index is 2.24. The Morgan fingerprint density at radius 2 is 2.32 bits per heavy atom. The summed E-state index contributed by atoms with van der Waals surface area (Å²) in [7, 11) is 1.65. The van der Waals surface area contributed by atoms with Crippen LogP contribution in [0.25, 0.3) is 0 Å². The molecule has 1 aliphatic rings. The zero-order chi connectivity index (χ0) is 14.0. The minimum Gasteiger partial charge on any atom is -0.394 e. The summed E-state index contributed by atoms with van der Waals surface area (Å²) in [6, 6.07) is 5.02. The second-order valence-corrected chi connectivity index (χ2v) is 5.51. The van der Waals surface area contributed by atoms with Crippen LogP contribution < -0.4 is 5.32 Å². The zero-order valence-corrected chi connectivity index (χ0v) is 11.7. The second kappa shape index (κ2) is 5.63. The van der Waals surface area contributed by atoms with Crippen molar-refractivity contribution in [2.24, 2.45) is 0 Å². The highest BCUT2D eigenvalue weighted by Crippen LogP contribution is 2.32. The normalized spacial score (nSPS) is 15.4. The molecule has 102 valence electrons. The van der Waals surface area contributed by atoms with Gasteiger partial charge in [0.25, 0.3) is 5.91 Å². The molecule has 0 spiro atoms. The van der Waals surface area contributed by atoms with Crippen molar-refractivity contribution in [3.05, 3.63) is 23.8 Å². The number of rotatable bonds is 3. The monoisotopic (exact) mass is 280 g/mol. The maximum absolute atomic E-state index is 12.2. The fourth-order valence-corrected chi connectivity index (χ4v) is 2.53. The number of amides is 2. The quantitative estimate of drug-likeness (QED) is 0.872. The van der Waals surface area contributed by atoms with Crippen LogP contribution in [0.2, 0.25) is 0 Å². The molecule has 6 heteroatoms. The average Bonchev–Trinajstić information content (AvgIpc) is 2.43. The van der Waals surface area contributed by atoms with Crippen molar-refractivity contribution in [2.45, 2.75) is 17.9 Å². The Morgan fingerprint density at radius 3 is 3.00 bits per heavy atom. The number of aliphatic hydroxyl groups is 1. The predicted octanol–water partition coefficient (Wildman–Crippen LogP) is 1.18. The van der Waals surface area contributed by atoms with Gasteiger partial charge in [0.05, 0.1) is 24.1 Å². The number of benzene rings is 1. The molecule has 1 aliphatic heterocycles. The van der Waals surface area contributed by atoms with Gasteiger partial charge in [0.1, 0.15) is 0 Å². The summed E-state index contributed by atoms with van der Waals surface area (Å²) in [5.74, 6) is 0.176. The van der Waals surface area contributed by atoms with Crippen molar-refractivity contribution in [3.63, 3.8) is 0 Å². The number of fused-ring (bicyclic) bond motifs is 1. The van der Waals surface area contributed by atoms with Gasteiger partial charge >= 0.3 is 0 Å². The molecule has 19 heavy (non-hydrogen) atoms. The molecule has 0 saturated carbocycles. The summed E-state index contributed by atoms with van der Waals surface area (Å²) < 4.78 is 0. The third kappa shape index (κ3) is 2.90. The van der Waals surface area contributed by atoms with Crippen LogP contribution in [0.4, 0.5) is 5.69 Å². The van der Waals surface area contributed by atoms with Crippen LogP contribution in [0.1, 0.15) is 17.3 Å². The number of nitrogens with one attached hydrogen (secondary N) is 1. The molecule has 0 radical (unpaired) electrons. The van der Waals surface area contributed by atoms with Crippen LogP contribution in [0.5, 0.6) is 0 Å². The first kappa shape index (κ1) is 13.9. The van der Waals surface area contributed by atoms with E-state index in [2.05, 4.69) is 5.32 Å². The Morgan fingerprint density at radius 1 is 1.58 bits per heavy atom. The molecule has 5 nitrogen and oxygen atoms in total. The molecular weight excluding hydrogens is 264 g/mol. The first-order valence-corrected chi connectivity index (χ1v) is 6.96. The molecule has 1 aromatic rings. The van der Waals surface area contributed by atoms with E-state index >= 15 is 0 Å². The molecule has 2 N–H and O–H groups in total. The predicted molar refractivity (Wildman–Crippen MR) is 74.4 cm³/mol. The SMILES string of the molecule is CC(CO)N(C)C(=O)c1ccc2c(c1)NC(=O)CS2. The Bertz CT molecular complexity index is 519. The van der Waals surface area contributed by atoms with Gasteiger partial charge in [0.15, 0.2) is 0 Å². The van der Waals surface area contributed by atoms with Gasteiger partial charge in [0, 0.05) is 17.5 Å². The van der Waals surface area contributed by atoms with E-state index in [-0.39, 0.29) is 24.5 Å². The number of anilines is 1. The molecule has 1 heterocycles. The lowest BCUT2D eigenvalue weighted by molar-refractivity contribution is -0.113. The highest BCUT2D eigenvalue weighted by atomic mass is 32.2.